The van der Waals surface area contributed by atoms with Crippen molar-refractivity contribution in [3.05, 3.63) is 72.3 Å². The second kappa shape index (κ2) is 7.17. The zero-order valence-corrected chi connectivity index (χ0v) is 15.8. The van der Waals surface area contributed by atoms with Gasteiger partial charge in [-0.1, -0.05) is 48.6 Å². The second-order valence-corrected chi connectivity index (χ2v) is 7.44. The molecule has 142 valence electrons. The molecule has 4 atom stereocenters. The topological polar surface area (TPSA) is 142 Å². The number of hydrogen-bond donors (Lipinski definition) is 4. The minimum atomic E-state index is -1.09. The predicted molar refractivity (Wildman–Crippen MR) is 110 cm³/mol. The summed E-state index contributed by atoms with van der Waals surface area (Å²) in [7, 11) is 0. The molecule has 7 nitrogen and oxygen atoms in total. The van der Waals surface area contributed by atoms with Gasteiger partial charge in [-0.25, -0.2) is 9.98 Å². The van der Waals surface area contributed by atoms with Crippen molar-refractivity contribution in [1.82, 2.24) is 0 Å². The highest BCUT2D eigenvalue weighted by atomic mass is 35.5. The van der Waals surface area contributed by atoms with Crippen LogP contribution in [0, 0.1) is 0 Å². The number of rotatable bonds is 4. The Morgan fingerprint density at radius 2 is 1.19 bits per heavy atom. The summed E-state index contributed by atoms with van der Waals surface area (Å²) in [4.78, 5) is 6.19. The van der Waals surface area contributed by atoms with Gasteiger partial charge in [-0.3, -0.25) is 0 Å². The third kappa shape index (κ3) is 3.61. The van der Waals surface area contributed by atoms with E-state index in [1.165, 1.54) is 0 Å². The molecule has 4 unspecified atom stereocenters. The third-order valence-electron chi connectivity index (χ3n) is 4.29. The van der Waals surface area contributed by atoms with E-state index < -0.39 is 21.8 Å². The Morgan fingerprint density at radius 3 is 1.56 bits per heavy atom. The Kier molecular flexibility index (Phi) is 5.08. The van der Waals surface area contributed by atoms with E-state index in [1.807, 2.05) is 12.2 Å². The lowest BCUT2D eigenvalue weighted by atomic mass is 9.91. The first-order chi connectivity index (χ1) is 12.8. The molecule has 8 N–H and O–H groups in total. The lowest BCUT2D eigenvalue weighted by Gasteiger charge is -2.30. The summed E-state index contributed by atoms with van der Waals surface area (Å²) in [6, 6.07) is 2.41. The summed E-state index contributed by atoms with van der Waals surface area (Å²) in [5.41, 5.74) is 22.1. The zero-order valence-electron chi connectivity index (χ0n) is 14.3. The Balaban J connectivity index is 2.01. The van der Waals surface area contributed by atoms with Crippen LogP contribution in [0.4, 0.5) is 0 Å². The van der Waals surface area contributed by atoms with E-state index in [0.29, 0.717) is 11.5 Å². The van der Waals surface area contributed by atoms with Crippen molar-refractivity contribution >= 4 is 35.1 Å². The maximum Gasteiger partial charge on any atom is 0.186 e. The lowest BCUT2D eigenvalue weighted by molar-refractivity contribution is 0.389. The number of nitrogens with zero attached hydrogens (tertiary/aromatic N) is 2. The molecule has 1 heterocycles. The average Bonchev–Trinajstić information content (AvgIpc) is 3.10. The van der Waals surface area contributed by atoms with Gasteiger partial charge in [-0.15, -0.1) is 23.2 Å². The maximum absolute atomic E-state index is 6.84. The molecular weight excluding hydrogens is 387 g/mol. The monoisotopic (exact) mass is 406 g/mol. The minimum absolute atomic E-state index is 0.0706. The first-order valence-corrected chi connectivity index (χ1v) is 8.89. The van der Waals surface area contributed by atoms with Gasteiger partial charge in [0.05, 0.1) is 0 Å². The van der Waals surface area contributed by atoms with Gasteiger partial charge in [0.1, 0.15) is 33.4 Å². The summed E-state index contributed by atoms with van der Waals surface area (Å²) in [6.45, 7) is 0. The summed E-state index contributed by atoms with van der Waals surface area (Å²) in [5, 5.41) is 0. The molecule has 0 saturated heterocycles. The quantitative estimate of drug-likeness (QED) is 0.341. The Bertz CT molecular complexity index is 821. The molecule has 0 amide bonds. The van der Waals surface area contributed by atoms with Crippen LogP contribution in [0.15, 0.2) is 75.1 Å². The standard InChI is InChI=1S/C18H20Cl2N6O/c19-17(9-3-1-5-11(17)25-15(21)22)13-7-8-14(27-13)18(20)10-4-2-6-12(18)26-16(23)24/h1-12H,(H4,21,22,25)(H4,23,24,26). The molecule has 0 aromatic carbocycles. The van der Waals surface area contributed by atoms with Crippen LogP contribution in [0.25, 0.3) is 0 Å². The van der Waals surface area contributed by atoms with Crippen molar-refractivity contribution in [2.24, 2.45) is 32.9 Å². The van der Waals surface area contributed by atoms with Crippen molar-refractivity contribution < 1.29 is 4.42 Å². The van der Waals surface area contributed by atoms with Crippen LogP contribution in [0.5, 0.6) is 0 Å². The minimum Gasteiger partial charge on any atom is -0.461 e. The lowest BCUT2D eigenvalue weighted by Crippen LogP contribution is -2.36. The molecule has 3 rings (SSSR count). The number of hydrogen-bond acceptors (Lipinski definition) is 3. The van der Waals surface area contributed by atoms with Crippen LogP contribution in [-0.4, -0.2) is 24.0 Å². The molecule has 27 heavy (non-hydrogen) atoms. The van der Waals surface area contributed by atoms with Gasteiger partial charge >= 0.3 is 0 Å². The third-order valence-corrected chi connectivity index (χ3v) is 5.36. The van der Waals surface area contributed by atoms with E-state index in [4.69, 9.17) is 50.6 Å². The van der Waals surface area contributed by atoms with Crippen LogP contribution in [0.1, 0.15) is 11.5 Å². The number of halogens is 2. The fourth-order valence-corrected chi connectivity index (χ4v) is 3.60. The molecular formula is C18H20Cl2N6O. The van der Waals surface area contributed by atoms with E-state index in [2.05, 4.69) is 9.98 Å². The predicted octanol–water partition coefficient (Wildman–Crippen LogP) is 1.68. The largest absolute Gasteiger partial charge is 0.461 e. The fraction of sp³-hybridized carbons (Fsp3) is 0.222. The van der Waals surface area contributed by atoms with Crippen LogP contribution in [0.2, 0.25) is 0 Å². The number of alkyl halides is 2. The van der Waals surface area contributed by atoms with Gasteiger partial charge in [0.25, 0.3) is 0 Å². The molecule has 0 aliphatic heterocycles. The van der Waals surface area contributed by atoms with Gasteiger partial charge in [0.2, 0.25) is 0 Å². The van der Waals surface area contributed by atoms with Gasteiger partial charge in [-0.05, 0) is 12.1 Å². The summed E-state index contributed by atoms with van der Waals surface area (Å²) < 4.78 is 6.06. The molecule has 0 radical (unpaired) electrons. The Morgan fingerprint density at radius 1 is 0.778 bits per heavy atom. The normalized spacial score (nSPS) is 31.6. The van der Waals surface area contributed by atoms with Crippen molar-refractivity contribution in [3.63, 3.8) is 0 Å². The maximum atomic E-state index is 6.84. The van der Waals surface area contributed by atoms with Crippen molar-refractivity contribution in [2.75, 3.05) is 0 Å². The Labute approximate surface area is 166 Å². The van der Waals surface area contributed by atoms with Crippen LogP contribution in [0.3, 0.4) is 0 Å². The summed E-state index contributed by atoms with van der Waals surface area (Å²) in [6.07, 6.45) is 14.3. The van der Waals surface area contributed by atoms with Gasteiger partial charge in [0, 0.05) is 0 Å². The molecule has 0 spiro atoms. The smallest absolute Gasteiger partial charge is 0.186 e. The zero-order chi connectivity index (χ0) is 19.7. The molecule has 9 heteroatoms. The van der Waals surface area contributed by atoms with Crippen LogP contribution >= 0.6 is 23.2 Å². The molecule has 1 aromatic heterocycles. The van der Waals surface area contributed by atoms with Crippen LogP contribution < -0.4 is 22.9 Å². The molecule has 1 aromatic rings. The number of aliphatic imine (C=N–C) groups is 2. The van der Waals surface area contributed by atoms with Gasteiger partial charge in [0.15, 0.2) is 11.9 Å². The van der Waals surface area contributed by atoms with Gasteiger partial charge in [-0.2, -0.15) is 0 Å². The first-order valence-electron chi connectivity index (χ1n) is 8.14. The highest BCUT2D eigenvalue weighted by Gasteiger charge is 2.43. The van der Waals surface area contributed by atoms with Crippen LogP contribution in [-0.2, 0) is 9.75 Å². The van der Waals surface area contributed by atoms with Gasteiger partial charge < -0.3 is 27.4 Å². The summed E-state index contributed by atoms with van der Waals surface area (Å²) in [5.74, 6) is 0.750. The van der Waals surface area contributed by atoms with E-state index in [9.17, 15) is 0 Å². The van der Waals surface area contributed by atoms with Crippen molar-refractivity contribution in [2.45, 2.75) is 21.8 Å². The molecule has 0 fully saturated rings. The van der Waals surface area contributed by atoms with Crippen molar-refractivity contribution in [3.8, 4) is 0 Å². The highest BCUT2D eigenvalue weighted by molar-refractivity contribution is 6.26. The fourth-order valence-electron chi connectivity index (χ4n) is 3.01. The highest BCUT2D eigenvalue weighted by Crippen LogP contribution is 2.44. The number of nitrogens with two attached hydrogens (primary N) is 4. The van der Waals surface area contributed by atoms with E-state index in [-0.39, 0.29) is 11.9 Å². The Hall–Kier alpha value is -2.64. The summed E-state index contributed by atoms with van der Waals surface area (Å²) >= 11 is 13.7. The number of guanidine groups is 2. The number of allylic oxidation sites excluding steroid dienone is 4. The van der Waals surface area contributed by atoms with E-state index >= 15 is 0 Å². The molecule has 2 aliphatic rings. The average molecular weight is 407 g/mol. The van der Waals surface area contributed by atoms with Crippen molar-refractivity contribution in [1.29, 1.82) is 0 Å². The molecule has 2 aliphatic carbocycles. The number of furan rings is 1. The second-order valence-electron chi connectivity index (χ2n) is 6.19. The molecule has 0 saturated carbocycles. The molecule has 0 bridgehead atoms. The van der Waals surface area contributed by atoms with E-state index in [0.717, 1.165) is 0 Å². The SMILES string of the molecule is NC(N)=NC1C=CC=CC1(Cl)c1ccc(C2(Cl)C=CC=CC2N=C(N)N)o1. The first kappa shape index (κ1) is 19.1. The van der Waals surface area contributed by atoms with E-state index in [1.54, 1.807) is 48.6 Å².